The Hall–Kier alpha value is -0.0900. The molecular weight excluding hydrogens is 242 g/mol. The van der Waals surface area contributed by atoms with Crippen LogP contribution in [0.3, 0.4) is 0 Å². The average molecular weight is 260 g/mol. The van der Waals surface area contributed by atoms with E-state index in [2.05, 4.69) is 35.6 Å². The predicted molar refractivity (Wildman–Crippen MR) is 69.3 cm³/mol. The van der Waals surface area contributed by atoms with Gasteiger partial charge in [0.25, 0.3) is 0 Å². The highest BCUT2D eigenvalue weighted by atomic mass is 35.5. The van der Waals surface area contributed by atoms with Gasteiger partial charge in [0.05, 0.1) is 11.7 Å². The van der Waals surface area contributed by atoms with Crippen molar-refractivity contribution in [1.82, 2.24) is 4.90 Å². The predicted octanol–water partition coefficient (Wildman–Crippen LogP) is 2.97. The van der Waals surface area contributed by atoms with Crippen LogP contribution in [-0.4, -0.2) is 35.6 Å². The molecule has 0 saturated carbocycles. The van der Waals surface area contributed by atoms with E-state index in [4.69, 9.17) is 16.3 Å². The summed E-state index contributed by atoms with van der Waals surface area (Å²) in [6, 6.07) is 2.18. The SMILES string of the molecule is CC1(C)CN(Cc2ccsc2)CC(CCl)O1. The summed E-state index contributed by atoms with van der Waals surface area (Å²) in [7, 11) is 0. The van der Waals surface area contributed by atoms with E-state index in [0.717, 1.165) is 19.6 Å². The summed E-state index contributed by atoms with van der Waals surface area (Å²) in [5.74, 6) is 0.573. The van der Waals surface area contributed by atoms with E-state index in [1.807, 2.05) is 0 Å². The summed E-state index contributed by atoms with van der Waals surface area (Å²) in [4.78, 5) is 2.43. The highest BCUT2D eigenvalue weighted by molar-refractivity contribution is 7.07. The lowest BCUT2D eigenvalue weighted by Gasteiger charge is -2.42. The van der Waals surface area contributed by atoms with Crippen LogP contribution < -0.4 is 0 Å². The number of hydrogen-bond donors (Lipinski definition) is 0. The van der Waals surface area contributed by atoms with Crippen molar-refractivity contribution < 1.29 is 4.74 Å². The van der Waals surface area contributed by atoms with Crippen LogP contribution in [0.5, 0.6) is 0 Å². The fraction of sp³-hybridized carbons (Fsp3) is 0.667. The molecule has 90 valence electrons. The monoisotopic (exact) mass is 259 g/mol. The number of morpholine rings is 1. The molecular formula is C12H18ClNOS. The Bertz CT molecular complexity index is 326. The smallest absolute Gasteiger partial charge is 0.0845 e. The van der Waals surface area contributed by atoms with Crippen molar-refractivity contribution in [1.29, 1.82) is 0 Å². The molecule has 0 spiro atoms. The minimum atomic E-state index is -0.0895. The molecule has 0 aliphatic carbocycles. The topological polar surface area (TPSA) is 12.5 Å². The molecule has 1 aliphatic rings. The molecule has 1 atom stereocenters. The Morgan fingerprint density at radius 3 is 3.06 bits per heavy atom. The third kappa shape index (κ3) is 3.20. The number of nitrogens with zero attached hydrogens (tertiary/aromatic N) is 1. The number of hydrogen-bond acceptors (Lipinski definition) is 3. The van der Waals surface area contributed by atoms with E-state index < -0.39 is 0 Å². The van der Waals surface area contributed by atoms with Gasteiger partial charge in [0, 0.05) is 25.5 Å². The normalized spacial score (nSPS) is 25.8. The van der Waals surface area contributed by atoms with Crippen molar-refractivity contribution in [3.05, 3.63) is 22.4 Å². The summed E-state index contributed by atoms with van der Waals surface area (Å²) < 4.78 is 5.90. The average Bonchev–Trinajstić information content (AvgIpc) is 2.67. The van der Waals surface area contributed by atoms with Crippen LogP contribution in [0.4, 0.5) is 0 Å². The molecule has 16 heavy (non-hydrogen) atoms. The third-order valence-corrected chi connectivity index (χ3v) is 3.79. The Morgan fingerprint density at radius 1 is 1.62 bits per heavy atom. The van der Waals surface area contributed by atoms with Crippen LogP contribution in [0.2, 0.25) is 0 Å². The van der Waals surface area contributed by atoms with Crippen molar-refractivity contribution in [3.8, 4) is 0 Å². The maximum atomic E-state index is 5.91. The molecule has 2 nitrogen and oxygen atoms in total. The Labute approximate surface area is 106 Å². The van der Waals surface area contributed by atoms with Crippen molar-refractivity contribution >= 4 is 22.9 Å². The first-order valence-electron chi connectivity index (χ1n) is 5.56. The van der Waals surface area contributed by atoms with Gasteiger partial charge in [0.2, 0.25) is 0 Å². The Kier molecular flexibility index (Phi) is 3.90. The molecule has 0 aromatic carbocycles. The van der Waals surface area contributed by atoms with Gasteiger partial charge in [-0.15, -0.1) is 11.6 Å². The van der Waals surface area contributed by atoms with Gasteiger partial charge in [-0.1, -0.05) is 0 Å². The molecule has 1 fully saturated rings. The number of ether oxygens (including phenoxy) is 1. The molecule has 4 heteroatoms. The van der Waals surface area contributed by atoms with E-state index >= 15 is 0 Å². The van der Waals surface area contributed by atoms with Crippen molar-refractivity contribution in [2.24, 2.45) is 0 Å². The highest BCUT2D eigenvalue weighted by Gasteiger charge is 2.32. The molecule has 1 aliphatic heterocycles. The van der Waals surface area contributed by atoms with Crippen LogP contribution in [0.25, 0.3) is 0 Å². The molecule has 0 amide bonds. The highest BCUT2D eigenvalue weighted by Crippen LogP contribution is 2.23. The number of rotatable bonds is 3. The molecule has 2 heterocycles. The zero-order chi connectivity index (χ0) is 11.6. The van der Waals surface area contributed by atoms with Crippen molar-refractivity contribution in [2.75, 3.05) is 19.0 Å². The first-order valence-corrected chi connectivity index (χ1v) is 7.04. The van der Waals surface area contributed by atoms with Crippen LogP contribution in [0.15, 0.2) is 16.8 Å². The number of alkyl halides is 1. The number of halogens is 1. The first-order chi connectivity index (χ1) is 7.59. The fourth-order valence-electron chi connectivity index (χ4n) is 2.26. The Balaban J connectivity index is 1.99. The molecule has 1 aromatic rings. The zero-order valence-electron chi connectivity index (χ0n) is 9.78. The standard InChI is InChI=1S/C12H18ClNOS/c1-12(2)9-14(7-11(5-13)15-12)6-10-3-4-16-8-10/h3-4,8,11H,5-7,9H2,1-2H3. The summed E-state index contributed by atoms with van der Waals surface area (Å²) in [5, 5.41) is 4.33. The van der Waals surface area contributed by atoms with E-state index in [-0.39, 0.29) is 11.7 Å². The van der Waals surface area contributed by atoms with Gasteiger partial charge in [-0.05, 0) is 36.2 Å². The quantitative estimate of drug-likeness (QED) is 0.774. The molecule has 1 unspecified atom stereocenters. The summed E-state index contributed by atoms with van der Waals surface area (Å²) >= 11 is 7.66. The second kappa shape index (κ2) is 5.05. The molecule has 0 radical (unpaired) electrons. The lowest BCUT2D eigenvalue weighted by molar-refractivity contribution is -0.129. The molecule has 2 rings (SSSR count). The third-order valence-electron chi connectivity index (χ3n) is 2.71. The van der Waals surface area contributed by atoms with Gasteiger partial charge >= 0.3 is 0 Å². The van der Waals surface area contributed by atoms with Gasteiger partial charge in [0.1, 0.15) is 0 Å². The molecule has 1 saturated heterocycles. The second-order valence-electron chi connectivity index (χ2n) is 4.96. The Morgan fingerprint density at radius 2 is 2.44 bits per heavy atom. The summed E-state index contributed by atoms with van der Waals surface area (Å²) in [6.45, 7) is 7.17. The largest absolute Gasteiger partial charge is 0.368 e. The van der Waals surface area contributed by atoms with E-state index in [1.165, 1.54) is 5.56 Å². The summed E-state index contributed by atoms with van der Waals surface area (Å²) in [6.07, 6.45) is 0.157. The molecule has 0 N–H and O–H groups in total. The summed E-state index contributed by atoms with van der Waals surface area (Å²) in [5.41, 5.74) is 1.30. The minimum absolute atomic E-state index is 0.0895. The fourth-order valence-corrected chi connectivity index (χ4v) is 3.08. The molecule has 1 aromatic heterocycles. The van der Waals surface area contributed by atoms with Gasteiger partial charge in [-0.3, -0.25) is 4.90 Å². The van der Waals surface area contributed by atoms with Crippen LogP contribution in [0.1, 0.15) is 19.4 Å². The van der Waals surface area contributed by atoms with Gasteiger partial charge in [-0.2, -0.15) is 11.3 Å². The van der Waals surface area contributed by atoms with E-state index in [1.54, 1.807) is 11.3 Å². The lowest BCUT2D eigenvalue weighted by atomic mass is 10.1. The zero-order valence-corrected chi connectivity index (χ0v) is 11.4. The van der Waals surface area contributed by atoms with Crippen molar-refractivity contribution in [2.45, 2.75) is 32.1 Å². The maximum absolute atomic E-state index is 5.91. The number of thiophene rings is 1. The van der Waals surface area contributed by atoms with Gasteiger partial charge < -0.3 is 4.74 Å². The minimum Gasteiger partial charge on any atom is -0.368 e. The van der Waals surface area contributed by atoms with Crippen LogP contribution in [-0.2, 0) is 11.3 Å². The van der Waals surface area contributed by atoms with Crippen LogP contribution in [0, 0.1) is 0 Å². The lowest BCUT2D eigenvalue weighted by Crippen LogP contribution is -2.52. The first kappa shape index (κ1) is 12.4. The van der Waals surface area contributed by atoms with Gasteiger partial charge in [-0.25, -0.2) is 0 Å². The van der Waals surface area contributed by atoms with Crippen LogP contribution >= 0.6 is 22.9 Å². The van der Waals surface area contributed by atoms with E-state index in [9.17, 15) is 0 Å². The van der Waals surface area contributed by atoms with Crippen molar-refractivity contribution in [3.63, 3.8) is 0 Å². The van der Waals surface area contributed by atoms with E-state index in [0.29, 0.717) is 5.88 Å². The van der Waals surface area contributed by atoms with Gasteiger partial charge in [0.15, 0.2) is 0 Å². The maximum Gasteiger partial charge on any atom is 0.0845 e. The second-order valence-corrected chi connectivity index (χ2v) is 6.04. The molecule has 0 bridgehead atoms.